The predicted octanol–water partition coefficient (Wildman–Crippen LogP) is 24.5. The Morgan fingerprint density at radius 1 is 0.348 bits per heavy atom. The van der Waals surface area contributed by atoms with E-state index in [4.69, 9.17) is 18.5 Å². The molecule has 0 radical (unpaired) electrons. The highest BCUT2D eigenvalue weighted by Crippen LogP contribution is 2.38. The van der Waals surface area contributed by atoms with E-state index >= 15 is 0 Å². The van der Waals surface area contributed by atoms with Gasteiger partial charge in [0.1, 0.15) is 19.8 Å². The number of unbranched alkanes of at least 4 members (excludes halogenated alkanes) is 33. The number of allylic oxidation sites excluding steroid dienone is 22. The van der Waals surface area contributed by atoms with Crippen molar-refractivity contribution in [2.45, 2.75) is 328 Å². The average molecular weight is 1300 g/mol. The van der Waals surface area contributed by atoms with Crippen molar-refractivity contribution in [2.75, 3.05) is 47.5 Å². The summed E-state index contributed by atoms with van der Waals surface area (Å²) in [5, 5.41) is 0. The number of esters is 2. The molecule has 0 spiro atoms. The van der Waals surface area contributed by atoms with Crippen LogP contribution in [-0.2, 0) is 32.7 Å². The summed E-state index contributed by atoms with van der Waals surface area (Å²) >= 11 is 0. The van der Waals surface area contributed by atoms with E-state index in [1.807, 2.05) is 21.1 Å². The number of rotatable bonds is 69. The lowest BCUT2D eigenvalue weighted by Crippen LogP contribution is -2.37. The Hall–Kier alpha value is -3.85. The van der Waals surface area contributed by atoms with Gasteiger partial charge in [-0.05, 0) is 116 Å². The third-order valence-corrected chi connectivity index (χ3v) is 17.1. The molecule has 9 nitrogen and oxygen atoms in total. The van der Waals surface area contributed by atoms with Gasteiger partial charge < -0.3 is 27.9 Å². The van der Waals surface area contributed by atoms with Crippen molar-refractivity contribution >= 4 is 19.8 Å². The van der Waals surface area contributed by atoms with Gasteiger partial charge >= 0.3 is 11.9 Å². The summed E-state index contributed by atoms with van der Waals surface area (Å²) < 4.78 is 34.4. The molecule has 0 N–H and O–H groups in total. The maximum Gasteiger partial charge on any atom is 0.306 e. The van der Waals surface area contributed by atoms with Crippen molar-refractivity contribution in [3.63, 3.8) is 0 Å². The summed E-state index contributed by atoms with van der Waals surface area (Å²) in [6, 6.07) is 0. The van der Waals surface area contributed by atoms with Crippen molar-refractivity contribution in [1.29, 1.82) is 0 Å². The second kappa shape index (κ2) is 71.4. The Kier molecular flexibility index (Phi) is 68.5. The largest absolute Gasteiger partial charge is 0.756 e. The van der Waals surface area contributed by atoms with Crippen LogP contribution in [-0.4, -0.2) is 70.0 Å². The van der Waals surface area contributed by atoms with Crippen LogP contribution in [0.15, 0.2) is 134 Å². The molecule has 2 atom stereocenters. The maximum atomic E-state index is 12.9. The minimum absolute atomic E-state index is 0.0364. The highest BCUT2D eigenvalue weighted by atomic mass is 31.2. The molecule has 528 valence electrons. The van der Waals surface area contributed by atoms with Gasteiger partial charge in [0.05, 0.1) is 27.7 Å². The van der Waals surface area contributed by atoms with Crippen LogP contribution >= 0.6 is 7.82 Å². The van der Waals surface area contributed by atoms with Crippen LogP contribution in [0.4, 0.5) is 0 Å². The number of ether oxygens (including phenoxy) is 2. The number of nitrogens with zero attached hydrogens (tertiary/aromatic N) is 1. The zero-order chi connectivity index (χ0) is 66.9. The van der Waals surface area contributed by atoms with Gasteiger partial charge in [0, 0.05) is 12.8 Å². The molecule has 0 aromatic rings. The number of hydrogen-bond donors (Lipinski definition) is 0. The van der Waals surface area contributed by atoms with Gasteiger partial charge in [0.2, 0.25) is 0 Å². The highest BCUT2D eigenvalue weighted by molar-refractivity contribution is 7.45. The Morgan fingerprint density at radius 2 is 0.620 bits per heavy atom. The summed E-state index contributed by atoms with van der Waals surface area (Å²) in [7, 11) is 1.16. The van der Waals surface area contributed by atoms with E-state index in [1.54, 1.807) is 0 Å². The van der Waals surface area contributed by atoms with E-state index in [2.05, 4.69) is 148 Å². The van der Waals surface area contributed by atoms with Crippen LogP contribution in [0.5, 0.6) is 0 Å². The molecule has 10 heteroatoms. The predicted molar refractivity (Wildman–Crippen MR) is 397 cm³/mol. The molecule has 92 heavy (non-hydrogen) atoms. The van der Waals surface area contributed by atoms with E-state index in [9.17, 15) is 19.0 Å². The number of likely N-dealkylation sites (N-methyl/N-ethyl adjacent to an activating group) is 1. The summed E-state index contributed by atoms with van der Waals surface area (Å²) in [6.45, 7) is 4.13. The van der Waals surface area contributed by atoms with Gasteiger partial charge in [0.15, 0.2) is 6.10 Å². The quantitative estimate of drug-likeness (QED) is 0.0195. The lowest BCUT2D eigenvalue weighted by Gasteiger charge is -2.28. The van der Waals surface area contributed by atoms with Crippen LogP contribution in [0.3, 0.4) is 0 Å². The van der Waals surface area contributed by atoms with Crippen molar-refractivity contribution in [2.24, 2.45) is 0 Å². The van der Waals surface area contributed by atoms with E-state index in [-0.39, 0.29) is 32.0 Å². The Morgan fingerprint density at radius 3 is 0.924 bits per heavy atom. The maximum absolute atomic E-state index is 12.9. The Balaban J connectivity index is 4.05. The lowest BCUT2D eigenvalue weighted by atomic mass is 10.0. The van der Waals surface area contributed by atoms with Gasteiger partial charge in [-0.1, -0.05) is 327 Å². The van der Waals surface area contributed by atoms with Crippen molar-refractivity contribution in [3.8, 4) is 0 Å². The molecule has 0 aliphatic heterocycles. The number of phosphoric acid groups is 1. The second-order valence-electron chi connectivity index (χ2n) is 26.3. The van der Waals surface area contributed by atoms with Crippen LogP contribution in [0.25, 0.3) is 0 Å². The summed E-state index contributed by atoms with van der Waals surface area (Å²) in [5.74, 6) is -0.834. The zero-order valence-electron chi connectivity index (χ0n) is 60.2. The minimum atomic E-state index is -4.65. The summed E-state index contributed by atoms with van der Waals surface area (Å²) in [4.78, 5) is 38.1. The second-order valence-corrected chi connectivity index (χ2v) is 27.7. The van der Waals surface area contributed by atoms with Crippen LogP contribution < -0.4 is 4.89 Å². The fourth-order valence-electron chi connectivity index (χ4n) is 10.4. The Bertz CT molecular complexity index is 2020. The normalized spacial score (nSPS) is 13.8. The van der Waals surface area contributed by atoms with E-state index in [0.29, 0.717) is 17.4 Å². The number of phosphoric ester groups is 1. The Labute approximate surface area is 568 Å². The monoisotopic (exact) mass is 1300 g/mol. The van der Waals surface area contributed by atoms with E-state index < -0.39 is 26.5 Å². The summed E-state index contributed by atoms with van der Waals surface area (Å²) in [5.41, 5.74) is 0. The van der Waals surface area contributed by atoms with Crippen LogP contribution in [0.2, 0.25) is 0 Å². The topological polar surface area (TPSA) is 111 Å². The fraction of sp³-hybridized carbons (Fsp3) is 0.707. The molecule has 0 amide bonds. The first-order chi connectivity index (χ1) is 45.0. The first kappa shape index (κ1) is 88.2. The van der Waals surface area contributed by atoms with Gasteiger partial charge in [-0.2, -0.15) is 0 Å². The van der Waals surface area contributed by atoms with Gasteiger partial charge in [-0.3, -0.25) is 14.2 Å². The minimum Gasteiger partial charge on any atom is -0.756 e. The van der Waals surface area contributed by atoms with Gasteiger partial charge in [0.25, 0.3) is 7.82 Å². The number of carbonyl (C=O) groups excluding carboxylic acids is 2. The third-order valence-electron chi connectivity index (χ3n) is 16.2. The lowest BCUT2D eigenvalue weighted by molar-refractivity contribution is -0.870. The number of quaternary nitrogens is 1. The average Bonchev–Trinajstić information content (AvgIpc) is 2.14. The van der Waals surface area contributed by atoms with Crippen LogP contribution in [0, 0.1) is 0 Å². The molecular weight excluding hydrogens is 1160 g/mol. The van der Waals surface area contributed by atoms with E-state index in [1.165, 1.54) is 180 Å². The summed E-state index contributed by atoms with van der Waals surface area (Å²) in [6.07, 6.45) is 104. The molecule has 0 rings (SSSR count). The molecule has 0 saturated heterocycles. The molecule has 0 fully saturated rings. The molecule has 0 bridgehead atoms. The molecule has 0 aromatic carbocycles. The number of hydrogen-bond acceptors (Lipinski definition) is 8. The third kappa shape index (κ3) is 75.2. The first-order valence-corrected chi connectivity index (χ1v) is 39.4. The molecule has 0 saturated carbocycles. The standard InChI is InChI=1S/C82H142NO8P/c1-6-8-10-12-14-16-18-20-22-24-26-28-30-32-34-36-38-40-41-43-45-47-49-51-53-55-57-59-61-63-65-67-69-71-73-75-82(85)91-80(79-90-92(86,87)89-77-76-83(3,4)5)78-88-81(84)74-72-70-68-66-64-62-60-58-56-54-52-50-48-46-44-42-39-37-35-33-31-29-27-25-23-21-19-17-15-13-11-9-7-2/h8,10,14,16,19-22,25-28,31-34,38,40,43,45,49,51,80H,6-7,9,11-13,15,17-18,23-24,29-30,35-37,39,41-42,44,46-48,50,52-79H2,1-5H3/b10-8-,16-14-,21-19-,22-20-,27-25-,28-26-,33-31-,34-32-,40-38-,45-43-,51-49-. The molecule has 0 aliphatic rings. The van der Waals surface area contributed by atoms with Crippen LogP contribution in [0.1, 0.15) is 322 Å². The zero-order valence-corrected chi connectivity index (χ0v) is 61.1. The molecule has 2 unspecified atom stereocenters. The van der Waals surface area contributed by atoms with Crippen molar-refractivity contribution < 1.29 is 42.1 Å². The smallest absolute Gasteiger partial charge is 0.306 e. The van der Waals surface area contributed by atoms with Crippen molar-refractivity contribution in [1.82, 2.24) is 0 Å². The van der Waals surface area contributed by atoms with Gasteiger partial charge in [-0.25, -0.2) is 0 Å². The highest BCUT2D eigenvalue weighted by Gasteiger charge is 2.22. The first-order valence-electron chi connectivity index (χ1n) is 37.9. The molecule has 0 aliphatic carbocycles. The molecule has 0 heterocycles. The number of carbonyl (C=O) groups is 2. The molecular formula is C82H142NO8P. The van der Waals surface area contributed by atoms with Crippen molar-refractivity contribution in [3.05, 3.63) is 134 Å². The van der Waals surface area contributed by atoms with Gasteiger partial charge in [-0.15, -0.1) is 0 Å². The van der Waals surface area contributed by atoms with E-state index in [0.717, 1.165) is 109 Å². The molecule has 0 aromatic heterocycles. The fourth-order valence-corrected chi connectivity index (χ4v) is 11.1. The SMILES string of the molecule is CC/C=C\C/C=C\C/C=C\C/C=C\C/C=C\C/C=C\C/C=C\C/C=C\CCCCCCCCCCCCC(=O)OC(COC(=O)CCCCCCCCCCCCCCCCCCCC/C=C\C/C=C\C/C=C\CCCCCCC)COP(=O)([O-])OCC[N+](C)(C)C.